The SMILES string of the molecule is CCC1CCCCC1Oc1nc(Cl)c(C=O)s1. The van der Waals surface area contributed by atoms with Gasteiger partial charge < -0.3 is 4.74 Å². The summed E-state index contributed by atoms with van der Waals surface area (Å²) in [6.45, 7) is 2.19. The van der Waals surface area contributed by atoms with Crippen LogP contribution in [0.25, 0.3) is 0 Å². The first-order chi connectivity index (χ1) is 8.24. The zero-order valence-electron chi connectivity index (χ0n) is 9.82. The van der Waals surface area contributed by atoms with E-state index in [-0.39, 0.29) is 11.3 Å². The molecule has 1 aliphatic carbocycles. The first-order valence-electron chi connectivity index (χ1n) is 6.02. The second kappa shape index (κ2) is 5.83. The summed E-state index contributed by atoms with van der Waals surface area (Å²) in [5.74, 6) is 0.603. The van der Waals surface area contributed by atoms with E-state index in [9.17, 15) is 4.79 Å². The summed E-state index contributed by atoms with van der Waals surface area (Å²) in [6.07, 6.45) is 6.88. The van der Waals surface area contributed by atoms with Gasteiger partial charge in [-0.2, -0.15) is 4.98 Å². The van der Waals surface area contributed by atoms with E-state index < -0.39 is 0 Å². The van der Waals surface area contributed by atoms with Gasteiger partial charge in [0.15, 0.2) is 11.4 Å². The molecule has 2 atom stereocenters. The molecule has 2 unspecified atom stereocenters. The van der Waals surface area contributed by atoms with Gasteiger partial charge >= 0.3 is 0 Å². The molecule has 0 amide bonds. The van der Waals surface area contributed by atoms with Crippen LogP contribution in [0.2, 0.25) is 5.15 Å². The minimum Gasteiger partial charge on any atom is -0.466 e. The van der Waals surface area contributed by atoms with Gasteiger partial charge in [0.25, 0.3) is 5.19 Å². The summed E-state index contributed by atoms with van der Waals surface area (Å²) in [7, 11) is 0. The van der Waals surface area contributed by atoms with Crippen molar-refractivity contribution in [2.75, 3.05) is 0 Å². The van der Waals surface area contributed by atoms with Crippen molar-refractivity contribution in [2.45, 2.75) is 45.1 Å². The first kappa shape index (κ1) is 12.8. The van der Waals surface area contributed by atoms with Gasteiger partial charge in [0.2, 0.25) is 0 Å². The Hall–Kier alpha value is -0.610. The number of carbonyl (C=O) groups is 1. The Bertz CT molecular complexity index is 394. The number of hydrogen-bond donors (Lipinski definition) is 0. The van der Waals surface area contributed by atoms with E-state index in [4.69, 9.17) is 16.3 Å². The molecule has 0 bridgehead atoms. The molecule has 1 heterocycles. The number of aldehydes is 1. The average molecular weight is 274 g/mol. The number of halogens is 1. The molecule has 0 N–H and O–H groups in total. The molecular formula is C12H16ClNO2S. The van der Waals surface area contributed by atoms with Gasteiger partial charge in [0.05, 0.1) is 0 Å². The van der Waals surface area contributed by atoms with Crippen LogP contribution < -0.4 is 4.74 Å². The highest BCUT2D eigenvalue weighted by atomic mass is 35.5. The summed E-state index contributed by atoms with van der Waals surface area (Å²) < 4.78 is 5.89. The van der Waals surface area contributed by atoms with Crippen LogP contribution in [-0.4, -0.2) is 17.4 Å². The molecule has 0 aromatic carbocycles. The van der Waals surface area contributed by atoms with Crippen molar-refractivity contribution in [3.63, 3.8) is 0 Å². The Kier molecular flexibility index (Phi) is 4.40. The lowest BCUT2D eigenvalue weighted by atomic mass is 9.85. The van der Waals surface area contributed by atoms with E-state index >= 15 is 0 Å². The highest BCUT2D eigenvalue weighted by Gasteiger charge is 2.26. The maximum absolute atomic E-state index is 10.7. The van der Waals surface area contributed by atoms with E-state index in [1.54, 1.807) is 0 Å². The van der Waals surface area contributed by atoms with E-state index in [0.717, 1.165) is 19.1 Å². The smallest absolute Gasteiger partial charge is 0.275 e. The number of carbonyl (C=O) groups excluding carboxylic acids is 1. The predicted molar refractivity (Wildman–Crippen MR) is 69.2 cm³/mol. The summed E-state index contributed by atoms with van der Waals surface area (Å²) in [4.78, 5) is 15.2. The van der Waals surface area contributed by atoms with Crippen molar-refractivity contribution in [3.05, 3.63) is 10.0 Å². The summed E-state index contributed by atoms with van der Waals surface area (Å²) in [6, 6.07) is 0. The minimum atomic E-state index is 0.232. The average Bonchev–Trinajstić information content (AvgIpc) is 2.70. The summed E-state index contributed by atoms with van der Waals surface area (Å²) in [5.41, 5.74) is 0. The molecule has 1 aromatic heterocycles. The van der Waals surface area contributed by atoms with Gasteiger partial charge in [-0.1, -0.05) is 36.3 Å². The van der Waals surface area contributed by atoms with Crippen LogP contribution in [-0.2, 0) is 0 Å². The first-order valence-corrected chi connectivity index (χ1v) is 7.22. The van der Waals surface area contributed by atoms with E-state index in [0.29, 0.717) is 16.0 Å². The third-order valence-electron chi connectivity index (χ3n) is 3.31. The zero-order valence-corrected chi connectivity index (χ0v) is 11.4. The van der Waals surface area contributed by atoms with Gasteiger partial charge in [-0.15, -0.1) is 0 Å². The molecule has 1 fully saturated rings. The number of aromatic nitrogens is 1. The highest BCUT2D eigenvalue weighted by Crippen LogP contribution is 2.33. The summed E-state index contributed by atoms with van der Waals surface area (Å²) >= 11 is 7.05. The van der Waals surface area contributed by atoms with Crippen molar-refractivity contribution in [1.29, 1.82) is 0 Å². The Morgan fingerprint density at radius 3 is 2.94 bits per heavy atom. The van der Waals surface area contributed by atoms with Crippen LogP contribution in [0.4, 0.5) is 0 Å². The monoisotopic (exact) mass is 273 g/mol. The van der Waals surface area contributed by atoms with Crippen LogP contribution in [0.5, 0.6) is 5.19 Å². The lowest BCUT2D eigenvalue weighted by molar-refractivity contribution is 0.0901. The normalized spacial score (nSPS) is 24.6. The third-order valence-corrected chi connectivity index (χ3v) is 4.58. The minimum absolute atomic E-state index is 0.232. The highest BCUT2D eigenvalue weighted by molar-refractivity contribution is 7.15. The van der Waals surface area contributed by atoms with Gasteiger partial charge in [0.1, 0.15) is 11.0 Å². The molecule has 1 aliphatic rings. The molecule has 2 rings (SSSR count). The molecule has 0 radical (unpaired) electrons. The maximum Gasteiger partial charge on any atom is 0.275 e. The summed E-state index contributed by atoms with van der Waals surface area (Å²) in [5, 5.41) is 0.784. The van der Waals surface area contributed by atoms with Crippen molar-refractivity contribution in [1.82, 2.24) is 4.98 Å². The number of hydrogen-bond acceptors (Lipinski definition) is 4. The molecular weight excluding hydrogens is 258 g/mol. The Labute approximate surface area is 110 Å². The fraction of sp³-hybridized carbons (Fsp3) is 0.667. The molecule has 3 nitrogen and oxygen atoms in total. The van der Waals surface area contributed by atoms with Gasteiger partial charge in [-0.3, -0.25) is 4.79 Å². The molecule has 1 saturated carbocycles. The lowest BCUT2D eigenvalue weighted by Crippen LogP contribution is -2.29. The topological polar surface area (TPSA) is 39.2 Å². The van der Waals surface area contributed by atoms with Crippen molar-refractivity contribution in [3.8, 4) is 5.19 Å². The van der Waals surface area contributed by atoms with Gasteiger partial charge in [0, 0.05) is 0 Å². The quantitative estimate of drug-likeness (QED) is 0.780. The fourth-order valence-electron chi connectivity index (χ4n) is 2.34. The molecule has 1 aromatic rings. The van der Waals surface area contributed by atoms with Crippen molar-refractivity contribution >= 4 is 29.2 Å². The lowest BCUT2D eigenvalue weighted by Gasteiger charge is -2.30. The molecule has 94 valence electrons. The zero-order chi connectivity index (χ0) is 12.3. The van der Waals surface area contributed by atoms with Gasteiger partial charge in [-0.25, -0.2) is 0 Å². The molecule has 17 heavy (non-hydrogen) atoms. The standard InChI is InChI=1S/C12H16ClNO2S/c1-2-8-5-3-4-6-9(8)16-12-14-11(13)10(7-15)17-12/h7-9H,2-6H2,1H3. The molecule has 5 heteroatoms. The van der Waals surface area contributed by atoms with Crippen LogP contribution in [0.1, 0.15) is 48.7 Å². The van der Waals surface area contributed by atoms with Crippen LogP contribution >= 0.6 is 22.9 Å². The maximum atomic E-state index is 10.7. The molecule has 0 spiro atoms. The van der Waals surface area contributed by atoms with E-state index in [1.807, 2.05) is 0 Å². The second-order valence-corrected chi connectivity index (χ2v) is 5.71. The predicted octanol–water partition coefficient (Wildman–Crippen LogP) is 3.96. The Morgan fingerprint density at radius 2 is 2.29 bits per heavy atom. The molecule has 0 aliphatic heterocycles. The third kappa shape index (κ3) is 2.99. The number of ether oxygens (including phenoxy) is 1. The number of thiazole rings is 1. The van der Waals surface area contributed by atoms with Gasteiger partial charge in [-0.05, 0) is 31.6 Å². The largest absolute Gasteiger partial charge is 0.466 e. The number of rotatable bonds is 4. The molecule has 0 saturated heterocycles. The Morgan fingerprint density at radius 1 is 1.53 bits per heavy atom. The Balaban J connectivity index is 2.05. The van der Waals surface area contributed by atoms with Crippen LogP contribution in [0.3, 0.4) is 0 Å². The number of nitrogens with zero attached hydrogens (tertiary/aromatic N) is 1. The van der Waals surface area contributed by atoms with Crippen molar-refractivity contribution in [2.24, 2.45) is 5.92 Å². The van der Waals surface area contributed by atoms with E-state index in [2.05, 4.69) is 11.9 Å². The van der Waals surface area contributed by atoms with Crippen LogP contribution in [0, 0.1) is 5.92 Å². The van der Waals surface area contributed by atoms with Crippen LogP contribution in [0.15, 0.2) is 0 Å². The fourth-order valence-corrected chi connectivity index (χ4v) is 3.30. The second-order valence-electron chi connectivity index (χ2n) is 4.36. The van der Waals surface area contributed by atoms with E-state index in [1.165, 1.54) is 30.6 Å². The van der Waals surface area contributed by atoms with Crippen molar-refractivity contribution < 1.29 is 9.53 Å².